The minimum absolute atomic E-state index is 0.0104. The van der Waals surface area contributed by atoms with Crippen LogP contribution in [0.5, 0.6) is 0 Å². The van der Waals surface area contributed by atoms with Crippen molar-refractivity contribution in [1.82, 2.24) is 4.90 Å². The van der Waals surface area contributed by atoms with Crippen LogP contribution in [0.3, 0.4) is 0 Å². The first kappa shape index (κ1) is 22.3. The third-order valence-corrected chi connectivity index (χ3v) is 4.43. The van der Waals surface area contributed by atoms with E-state index in [0.29, 0.717) is 0 Å². The van der Waals surface area contributed by atoms with E-state index >= 15 is 0 Å². The second kappa shape index (κ2) is 9.49. The summed E-state index contributed by atoms with van der Waals surface area (Å²) >= 11 is 5.85. The second-order valence-corrected chi connectivity index (χ2v) is 7.40. The summed E-state index contributed by atoms with van der Waals surface area (Å²) in [4.78, 5) is 36.6. The number of nitro groups is 1. The average molecular weight is 419 g/mol. The highest BCUT2D eigenvalue weighted by Gasteiger charge is 2.18. The molecular formula is C20H23ClN4O4. The van der Waals surface area contributed by atoms with Crippen LogP contribution in [0.15, 0.2) is 30.3 Å². The predicted molar refractivity (Wildman–Crippen MR) is 114 cm³/mol. The Labute approximate surface area is 174 Å². The highest BCUT2D eigenvalue weighted by atomic mass is 35.5. The predicted octanol–water partition coefficient (Wildman–Crippen LogP) is 3.68. The fraction of sp³-hybridized carbons (Fsp3) is 0.300. The van der Waals surface area contributed by atoms with E-state index in [1.807, 2.05) is 32.9 Å². The molecule has 0 aliphatic heterocycles. The van der Waals surface area contributed by atoms with Crippen molar-refractivity contribution in [2.45, 2.75) is 20.8 Å². The van der Waals surface area contributed by atoms with E-state index in [-0.39, 0.29) is 35.4 Å². The summed E-state index contributed by atoms with van der Waals surface area (Å²) in [6.45, 7) is 5.69. The molecule has 2 N–H and O–H groups in total. The lowest BCUT2D eigenvalue weighted by atomic mass is 10.1. The molecule has 2 aromatic carbocycles. The topological polar surface area (TPSA) is 105 Å². The fourth-order valence-electron chi connectivity index (χ4n) is 3.06. The number of carbonyl (C=O) groups excluding carboxylic acids is 2. The fourth-order valence-corrected chi connectivity index (χ4v) is 3.23. The number of carbonyl (C=O) groups is 2. The lowest BCUT2D eigenvalue weighted by Crippen LogP contribution is -2.36. The van der Waals surface area contributed by atoms with Gasteiger partial charge in [0.25, 0.3) is 5.69 Å². The molecule has 0 unspecified atom stereocenters. The first-order chi connectivity index (χ1) is 13.6. The Morgan fingerprint density at radius 1 is 1.03 bits per heavy atom. The van der Waals surface area contributed by atoms with Crippen molar-refractivity contribution in [3.05, 3.63) is 62.2 Å². The van der Waals surface area contributed by atoms with E-state index in [4.69, 9.17) is 11.6 Å². The molecule has 9 heteroatoms. The number of nitrogens with zero attached hydrogens (tertiary/aromatic N) is 2. The van der Waals surface area contributed by atoms with Gasteiger partial charge in [-0.1, -0.05) is 29.3 Å². The number of halogens is 1. The zero-order chi connectivity index (χ0) is 21.7. The first-order valence-corrected chi connectivity index (χ1v) is 9.24. The molecule has 0 bridgehead atoms. The van der Waals surface area contributed by atoms with Crippen LogP contribution in [0.1, 0.15) is 16.7 Å². The Bertz CT molecular complexity index is 938. The van der Waals surface area contributed by atoms with Gasteiger partial charge in [-0.25, -0.2) is 0 Å². The SMILES string of the molecule is Cc1cc(C)c(NC(=O)CN(C)CC(=O)Nc2cc(Cl)ccc2[N+](=O)[O-])c(C)c1. The number of nitrogens with one attached hydrogen (secondary N) is 2. The summed E-state index contributed by atoms with van der Waals surface area (Å²) in [5, 5.41) is 16.7. The van der Waals surface area contributed by atoms with Crippen molar-refractivity contribution in [2.24, 2.45) is 0 Å². The second-order valence-electron chi connectivity index (χ2n) is 6.96. The molecule has 0 spiro atoms. The van der Waals surface area contributed by atoms with Crippen molar-refractivity contribution in [2.75, 3.05) is 30.8 Å². The molecule has 0 heterocycles. The Kier molecular flexibility index (Phi) is 7.30. The van der Waals surface area contributed by atoms with Crippen molar-refractivity contribution in [3.8, 4) is 0 Å². The largest absolute Gasteiger partial charge is 0.324 e. The van der Waals surface area contributed by atoms with Gasteiger partial charge in [0, 0.05) is 16.8 Å². The van der Waals surface area contributed by atoms with Crippen molar-refractivity contribution in [1.29, 1.82) is 0 Å². The van der Waals surface area contributed by atoms with E-state index in [1.165, 1.54) is 23.1 Å². The summed E-state index contributed by atoms with van der Waals surface area (Å²) in [5.74, 6) is -0.752. The highest BCUT2D eigenvalue weighted by Crippen LogP contribution is 2.27. The minimum Gasteiger partial charge on any atom is -0.324 e. The number of amides is 2. The molecule has 2 aromatic rings. The number of likely N-dealkylation sites (N-methyl/N-ethyl adjacent to an activating group) is 1. The highest BCUT2D eigenvalue weighted by molar-refractivity contribution is 6.31. The maximum Gasteiger partial charge on any atom is 0.292 e. The van der Waals surface area contributed by atoms with Gasteiger partial charge in [0.15, 0.2) is 0 Å². The molecule has 0 saturated heterocycles. The van der Waals surface area contributed by atoms with E-state index < -0.39 is 10.8 Å². The molecule has 0 aromatic heterocycles. The van der Waals surface area contributed by atoms with Gasteiger partial charge in [-0.05, 0) is 51.1 Å². The lowest BCUT2D eigenvalue weighted by molar-refractivity contribution is -0.383. The Balaban J connectivity index is 1.96. The van der Waals surface area contributed by atoms with Crippen LogP contribution in [-0.4, -0.2) is 41.8 Å². The lowest BCUT2D eigenvalue weighted by Gasteiger charge is -2.18. The minimum atomic E-state index is -0.602. The van der Waals surface area contributed by atoms with E-state index in [9.17, 15) is 19.7 Å². The number of aryl methyl sites for hydroxylation is 3. The van der Waals surface area contributed by atoms with Gasteiger partial charge in [0.1, 0.15) is 5.69 Å². The van der Waals surface area contributed by atoms with Crippen molar-refractivity contribution in [3.63, 3.8) is 0 Å². The summed E-state index contributed by atoms with van der Waals surface area (Å²) in [5.41, 5.74) is 3.55. The van der Waals surface area contributed by atoms with E-state index in [2.05, 4.69) is 10.6 Å². The molecule has 0 fully saturated rings. The molecule has 0 aliphatic rings. The van der Waals surface area contributed by atoms with Crippen LogP contribution in [0.4, 0.5) is 17.1 Å². The number of hydrogen-bond acceptors (Lipinski definition) is 5. The monoisotopic (exact) mass is 418 g/mol. The van der Waals surface area contributed by atoms with E-state index in [1.54, 1.807) is 7.05 Å². The molecule has 29 heavy (non-hydrogen) atoms. The van der Waals surface area contributed by atoms with Crippen LogP contribution < -0.4 is 10.6 Å². The zero-order valence-electron chi connectivity index (χ0n) is 16.7. The van der Waals surface area contributed by atoms with Gasteiger partial charge >= 0.3 is 0 Å². The molecule has 0 aliphatic carbocycles. The molecule has 8 nitrogen and oxygen atoms in total. The molecule has 0 saturated carbocycles. The number of nitro benzene ring substituents is 1. The number of hydrogen-bond donors (Lipinski definition) is 2. The maximum atomic E-state index is 12.3. The van der Waals surface area contributed by atoms with Gasteiger partial charge in [0.05, 0.1) is 18.0 Å². The van der Waals surface area contributed by atoms with Crippen molar-refractivity contribution >= 4 is 40.5 Å². The molecule has 154 valence electrons. The molecule has 0 radical (unpaired) electrons. The van der Waals surface area contributed by atoms with E-state index in [0.717, 1.165) is 22.4 Å². The summed E-state index contributed by atoms with van der Waals surface area (Å²) in [6.07, 6.45) is 0. The first-order valence-electron chi connectivity index (χ1n) is 8.87. The molecule has 2 amide bonds. The average Bonchev–Trinajstić information content (AvgIpc) is 2.57. The quantitative estimate of drug-likeness (QED) is 0.527. The normalized spacial score (nSPS) is 10.7. The summed E-state index contributed by atoms with van der Waals surface area (Å²) in [6, 6.07) is 7.88. The Morgan fingerprint density at radius 2 is 1.59 bits per heavy atom. The van der Waals surface area contributed by atoms with Gasteiger partial charge in [-0.15, -0.1) is 0 Å². The van der Waals surface area contributed by atoms with Gasteiger partial charge in [-0.3, -0.25) is 24.6 Å². The van der Waals surface area contributed by atoms with Gasteiger partial charge in [-0.2, -0.15) is 0 Å². The molecule has 2 rings (SSSR count). The standard InChI is InChI=1S/C20H23ClN4O4/c1-12-7-13(2)20(14(3)8-12)23-19(27)11-24(4)10-18(26)22-16-9-15(21)5-6-17(16)25(28)29/h5-9H,10-11H2,1-4H3,(H,22,26)(H,23,27). The molecule has 0 atom stereocenters. The number of rotatable bonds is 7. The van der Waals surface area contributed by atoms with Crippen LogP contribution in [-0.2, 0) is 9.59 Å². The van der Waals surface area contributed by atoms with Gasteiger partial charge < -0.3 is 10.6 Å². The van der Waals surface area contributed by atoms with Crippen molar-refractivity contribution < 1.29 is 14.5 Å². The summed E-state index contributed by atoms with van der Waals surface area (Å²) in [7, 11) is 1.61. The summed E-state index contributed by atoms with van der Waals surface area (Å²) < 4.78 is 0. The Morgan fingerprint density at radius 3 is 2.14 bits per heavy atom. The smallest absolute Gasteiger partial charge is 0.292 e. The van der Waals surface area contributed by atoms with Crippen LogP contribution in [0.25, 0.3) is 0 Å². The third kappa shape index (κ3) is 6.27. The van der Waals surface area contributed by atoms with Crippen LogP contribution in [0.2, 0.25) is 5.02 Å². The number of anilines is 2. The zero-order valence-corrected chi connectivity index (χ0v) is 17.5. The Hall–Kier alpha value is -2.97. The van der Waals surface area contributed by atoms with Crippen LogP contribution in [0, 0.1) is 30.9 Å². The van der Waals surface area contributed by atoms with Crippen LogP contribution >= 0.6 is 11.6 Å². The maximum absolute atomic E-state index is 12.3. The number of benzene rings is 2. The van der Waals surface area contributed by atoms with Gasteiger partial charge in [0.2, 0.25) is 11.8 Å². The third-order valence-electron chi connectivity index (χ3n) is 4.20. The molecular weight excluding hydrogens is 396 g/mol.